The van der Waals surface area contributed by atoms with Crippen LogP contribution in [0.4, 0.5) is 0 Å². The fraction of sp³-hybridized carbons (Fsp3) is 0.300. The first kappa shape index (κ1) is 18.8. The number of sulfonamides is 1. The number of rotatable bonds is 5. The molecule has 0 amide bonds. The lowest BCUT2D eigenvalue weighted by Gasteiger charge is -2.29. The van der Waals surface area contributed by atoms with E-state index in [2.05, 4.69) is 9.97 Å². The Morgan fingerprint density at radius 2 is 1.86 bits per heavy atom. The number of hydrogen-bond donors (Lipinski definition) is 1. The van der Waals surface area contributed by atoms with Gasteiger partial charge in [0, 0.05) is 31.1 Å². The van der Waals surface area contributed by atoms with Crippen molar-refractivity contribution in [3.63, 3.8) is 0 Å². The van der Waals surface area contributed by atoms with E-state index in [0.29, 0.717) is 38.2 Å². The molecule has 0 spiro atoms. The molecule has 4 rings (SSSR count). The summed E-state index contributed by atoms with van der Waals surface area (Å²) in [4.78, 5) is 8.37. The molecular weight excluding hydrogens is 376 g/mol. The van der Waals surface area contributed by atoms with Gasteiger partial charge in [-0.2, -0.15) is 4.31 Å². The Morgan fingerprint density at radius 3 is 2.50 bits per heavy atom. The van der Waals surface area contributed by atoms with Crippen LogP contribution in [0, 0.1) is 0 Å². The standard InChI is InChI=1S/C20H22N4O3S/c21-12-15-4-6-16(7-5-15)18-2-1-3-20(23-18)28(25,26)24-10-8-17(9-11-24)19-13-22-14-27-19/h1-7,13-14,17H,8-12,21H2. The summed E-state index contributed by atoms with van der Waals surface area (Å²) in [5.41, 5.74) is 8.13. The van der Waals surface area contributed by atoms with Crippen LogP contribution in [0.1, 0.15) is 30.1 Å². The van der Waals surface area contributed by atoms with E-state index in [0.717, 1.165) is 16.9 Å². The normalized spacial score (nSPS) is 16.3. The van der Waals surface area contributed by atoms with E-state index in [-0.39, 0.29) is 10.9 Å². The number of piperidine rings is 1. The second-order valence-electron chi connectivity index (χ2n) is 6.84. The Bertz CT molecular complexity index is 1030. The van der Waals surface area contributed by atoms with Gasteiger partial charge in [-0.15, -0.1) is 0 Å². The summed E-state index contributed by atoms with van der Waals surface area (Å²) >= 11 is 0. The first-order chi connectivity index (χ1) is 13.6. The van der Waals surface area contributed by atoms with Crippen molar-refractivity contribution < 1.29 is 12.8 Å². The Kier molecular flexibility index (Phi) is 5.25. The van der Waals surface area contributed by atoms with Crippen LogP contribution in [-0.4, -0.2) is 35.8 Å². The SMILES string of the molecule is NCc1ccc(-c2cccc(S(=O)(=O)N3CCC(c4cnco4)CC3)n2)cc1. The molecule has 3 heterocycles. The number of nitrogens with two attached hydrogens (primary N) is 1. The molecule has 0 saturated carbocycles. The minimum absolute atomic E-state index is 0.0750. The van der Waals surface area contributed by atoms with Gasteiger partial charge >= 0.3 is 0 Å². The molecule has 0 radical (unpaired) electrons. The zero-order valence-corrected chi connectivity index (χ0v) is 16.2. The van der Waals surface area contributed by atoms with Gasteiger partial charge in [0.2, 0.25) is 0 Å². The molecule has 1 fully saturated rings. The van der Waals surface area contributed by atoms with Crippen LogP contribution in [0.2, 0.25) is 0 Å². The minimum atomic E-state index is -3.64. The third-order valence-electron chi connectivity index (χ3n) is 5.12. The molecule has 1 aliphatic rings. The highest BCUT2D eigenvalue weighted by atomic mass is 32.2. The summed E-state index contributed by atoms with van der Waals surface area (Å²) in [5, 5.41) is 0.0750. The number of oxazole rings is 1. The van der Waals surface area contributed by atoms with Crippen molar-refractivity contribution in [2.24, 2.45) is 5.73 Å². The quantitative estimate of drug-likeness (QED) is 0.709. The maximum atomic E-state index is 13.1. The molecule has 2 aromatic heterocycles. The van der Waals surface area contributed by atoms with Crippen molar-refractivity contribution in [2.75, 3.05) is 13.1 Å². The molecular formula is C20H22N4O3S. The van der Waals surface area contributed by atoms with Gasteiger partial charge in [-0.05, 0) is 30.5 Å². The van der Waals surface area contributed by atoms with Gasteiger partial charge < -0.3 is 10.2 Å². The third-order valence-corrected chi connectivity index (χ3v) is 6.92. The first-order valence-electron chi connectivity index (χ1n) is 9.23. The second-order valence-corrected chi connectivity index (χ2v) is 8.73. The van der Waals surface area contributed by atoms with E-state index >= 15 is 0 Å². The number of benzene rings is 1. The highest BCUT2D eigenvalue weighted by Crippen LogP contribution is 2.30. The highest BCUT2D eigenvalue weighted by molar-refractivity contribution is 7.89. The van der Waals surface area contributed by atoms with Gasteiger partial charge in [0.05, 0.1) is 11.9 Å². The minimum Gasteiger partial charge on any atom is -0.448 e. The molecule has 28 heavy (non-hydrogen) atoms. The lowest BCUT2D eigenvalue weighted by molar-refractivity contribution is 0.295. The second kappa shape index (κ2) is 7.83. The molecule has 0 aliphatic carbocycles. The van der Waals surface area contributed by atoms with E-state index < -0.39 is 10.0 Å². The summed E-state index contributed by atoms with van der Waals surface area (Å²) in [7, 11) is -3.64. The Hall–Kier alpha value is -2.55. The predicted molar refractivity (Wildman–Crippen MR) is 105 cm³/mol. The van der Waals surface area contributed by atoms with Crippen LogP contribution in [0.3, 0.4) is 0 Å². The van der Waals surface area contributed by atoms with Gasteiger partial charge in [0.25, 0.3) is 10.0 Å². The monoisotopic (exact) mass is 398 g/mol. The maximum Gasteiger partial charge on any atom is 0.260 e. The van der Waals surface area contributed by atoms with Crippen molar-refractivity contribution in [3.8, 4) is 11.3 Å². The largest absolute Gasteiger partial charge is 0.448 e. The Labute approximate surface area is 164 Å². The van der Waals surface area contributed by atoms with E-state index in [9.17, 15) is 8.42 Å². The van der Waals surface area contributed by atoms with Crippen LogP contribution >= 0.6 is 0 Å². The molecule has 1 saturated heterocycles. The van der Waals surface area contributed by atoms with Crippen LogP contribution in [0.25, 0.3) is 11.3 Å². The van der Waals surface area contributed by atoms with E-state index in [4.69, 9.17) is 10.2 Å². The highest BCUT2D eigenvalue weighted by Gasteiger charge is 2.32. The van der Waals surface area contributed by atoms with Crippen molar-refractivity contribution in [2.45, 2.75) is 30.3 Å². The maximum absolute atomic E-state index is 13.1. The van der Waals surface area contributed by atoms with Crippen LogP contribution < -0.4 is 5.73 Å². The number of pyridine rings is 1. The number of hydrogen-bond acceptors (Lipinski definition) is 6. The molecule has 7 nitrogen and oxygen atoms in total. The van der Waals surface area contributed by atoms with Gasteiger partial charge in [-0.25, -0.2) is 18.4 Å². The third kappa shape index (κ3) is 3.71. The van der Waals surface area contributed by atoms with Crippen LogP contribution in [0.15, 0.2) is 64.5 Å². The Balaban J connectivity index is 1.53. The van der Waals surface area contributed by atoms with Crippen LogP contribution in [0.5, 0.6) is 0 Å². The van der Waals surface area contributed by atoms with E-state index in [1.165, 1.54) is 10.7 Å². The molecule has 1 aromatic carbocycles. The first-order valence-corrected chi connectivity index (χ1v) is 10.7. The molecule has 1 aliphatic heterocycles. The summed E-state index contributed by atoms with van der Waals surface area (Å²) in [6.07, 6.45) is 4.52. The van der Waals surface area contributed by atoms with Gasteiger partial charge in [-0.3, -0.25) is 0 Å². The lowest BCUT2D eigenvalue weighted by atomic mass is 9.96. The van der Waals surface area contributed by atoms with Crippen molar-refractivity contribution >= 4 is 10.0 Å². The lowest BCUT2D eigenvalue weighted by Crippen LogP contribution is -2.38. The molecule has 2 N–H and O–H groups in total. The number of nitrogens with zero attached hydrogens (tertiary/aromatic N) is 3. The average molecular weight is 398 g/mol. The molecule has 8 heteroatoms. The predicted octanol–water partition coefficient (Wildman–Crippen LogP) is 2.76. The van der Waals surface area contributed by atoms with Crippen molar-refractivity contribution in [1.29, 1.82) is 0 Å². The fourth-order valence-corrected chi connectivity index (χ4v) is 4.89. The summed E-state index contributed by atoms with van der Waals surface area (Å²) in [6.45, 7) is 1.34. The topological polar surface area (TPSA) is 102 Å². The molecule has 0 bridgehead atoms. The number of aromatic nitrogens is 2. The smallest absolute Gasteiger partial charge is 0.260 e. The summed E-state index contributed by atoms with van der Waals surface area (Å²) in [5.74, 6) is 1.02. The average Bonchev–Trinajstić information content (AvgIpc) is 3.29. The van der Waals surface area contributed by atoms with E-state index in [1.54, 1.807) is 18.3 Å². The molecule has 146 valence electrons. The fourth-order valence-electron chi connectivity index (χ4n) is 3.47. The Morgan fingerprint density at radius 1 is 1.11 bits per heavy atom. The van der Waals surface area contributed by atoms with Gasteiger partial charge in [0.15, 0.2) is 11.4 Å². The van der Waals surface area contributed by atoms with Crippen LogP contribution in [-0.2, 0) is 16.6 Å². The zero-order chi connectivity index (χ0) is 19.6. The summed E-state index contributed by atoms with van der Waals surface area (Å²) in [6, 6.07) is 12.8. The molecule has 3 aromatic rings. The molecule has 0 atom stereocenters. The van der Waals surface area contributed by atoms with Gasteiger partial charge in [0.1, 0.15) is 5.76 Å². The zero-order valence-electron chi connectivity index (χ0n) is 15.4. The van der Waals surface area contributed by atoms with Crippen molar-refractivity contribution in [3.05, 3.63) is 66.4 Å². The van der Waals surface area contributed by atoms with Gasteiger partial charge in [-0.1, -0.05) is 30.3 Å². The van der Waals surface area contributed by atoms with E-state index in [1.807, 2.05) is 30.3 Å². The van der Waals surface area contributed by atoms with Crippen molar-refractivity contribution in [1.82, 2.24) is 14.3 Å². The summed E-state index contributed by atoms with van der Waals surface area (Å²) < 4.78 is 33.0. The molecule has 0 unspecified atom stereocenters.